The van der Waals surface area contributed by atoms with E-state index in [1.54, 1.807) is 0 Å². The summed E-state index contributed by atoms with van der Waals surface area (Å²) >= 11 is 0. The third-order valence-electron chi connectivity index (χ3n) is 5.25. The van der Waals surface area contributed by atoms with Crippen LogP contribution in [0.4, 0.5) is 11.4 Å². The Morgan fingerprint density at radius 2 is 1.52 bits per heavy atom. The van der Waals surface area contributed by atoms with Crippen molar-refractivity contribution >= 4 is 44.1 Å². The highest BCUT2D eigenvalue weighted by Gasteiger charge is 2.20. The average Bonchev–Trinajstić information content (AvgIpc) is 3.04. The van der Waals surface area contributed by atoms with E-state index in [2.05, 4.69) is 66.0 Å². The van der Waals surface area contributed by atoms with Crippen LogP contribution in [0.2, 0.25) is 0 Å². The molecule has 0 radical (unpaired) electrons. The summed E-state index contributed by atoms with van der Waals surface area (Å²) in [6.07, 6.45) is 0.926. The van der Waals surface area contributed by atoms with E-state index in [9.17, 15) is 0 Å². The van der Waals surface area contributed by atoms with Crippen LogP contribution in [-0.2, 0) is 6.42 Å². The minimum absolute atomic E-state index is 0.926. The number of nitrogens with one attached hydrogen (secondary N) is 1. The van der Waals surface area contributed by atoms with Gasteiger partial charge in [0.05, 0.1) is 5.69 Å². The Hall–Kier alpha value is -3.26. The predicted octanol–water partition coefficient (Wildman–Crippen LogP) is 6.39. The lowest BCUT2D eigenvalue weighted by Crippen LogP contribution is -2.07. The van der Waals surface area contributed by atoms with Crippen molar-refractivity contribution in [3.8, 4) is 0 Å². The highest BCUT2D eigenvalue weighted by molar-refractivity contribution is 6.10. The molecule has 1 aromatic heterocycles. The molecule has 0 aliphatic carbocycles. The Kier molecular flexibility index (Phi) is 2.43. The SMILES string of the molecule is c1ccc2cc3c(cc2c1)Cc1ccc2c(oc4ccccc42)c1N3. The lowest BCUT2D eigenvalue weighted by atomic mass is 9.93. The van der Waals surface area contributed by atoms with Crippen molar-refractivity contribution in [2.24, 2.45) is 0 Å². The molecular formula is C23H15NO. The van der Waals surface area contributed by atoms with E-state index in [4.69, 9.17) is 4.42 Å². The van der Waals surface area contributed by atoms with E-state index in [-0.39, 0.29) is 0 Å². The lowest BCUT2D eigenvalue weighted by Gasteiger charge is -2.22. The average molecular weight is 321 g/mol. The predicted molar refractivity (Wildman–Crippen MR) is 104 cm³/mol. The maximum absolute atomic E-state index is 6.19. The standard InChI is InChI=1S/C23H15NO/c1-2-6-15-13-20-17(11-14(15)5-1)12-16-9-10-19-18-7-3-4-8-21(18)25-23(19)22(16)24-20/h1-11,13,24H,12H2. The summed E-state index contributed by atoms with van der Waals surface area (Å²) < 4.78 is 6.19. The number of anilines is 2. The Labute approximate surface area is 144 Å². The summed E-state index contributed by atoms with van der Waals surface area (Å²) in [5.41, 5.74) is 6.81. The minimum atomic E-state index is 0.926. The van der Waals surface area contributed by atoms with E-state index < -0.39 is 0 Å². The number of hydrogen-bond donors (Lipinski definition) is 1. The molecule has 2 nitrogen and oxygen atoms in total. The van der Waals surface area contributed by atoms with E-state index in [1.807, 2.05) is 12.1 Å². The summed E-state index contributed by atoms with van der Waals surface area (Å²) in [7, 11) is 0. The summed E-state index contributed by atoms with van der Waals surface area (Å²) in [6, 6.07) is 25.7. The molecule has 1 aliphatic heterocycles. The van der Waals surface area contributed by atoms with Gasteiger partial charge in [-0.2, -0.15) is 0 Å². The molecule has 5 aromatic rings. The number of rotatable bonds is 0. The minimum Gasteiger partial charge on any atom is -0.454 e. The van der Waals surface area contributed by atoms with Gasteiger partial charge < -0.3 is 9.73 Å². The van der Waals surface area contributed by atoms with Crippen molar-refractivity contribution < 1.29 is 4.42 Å². The van der Waals surface area contributed by atoms with Crippen LogP contribution < -0.4 is 5.32 Å². The molecule has 4 aromatic carbocycles. The van der Waals surface area contributed by atoms with Crippen LogP contribution in [0.1, 0.15) is 11.1 Å². The van der Waals surface area contributed by atoms with E-state index >= 15 is 0 Å². The van der Waals surface area contributed by atoms with Crippen LogP contribution in [0.15, 0.2) is 77.2 Å². The number of benzene rings is 4. The topological polar surface area (TPSA) is 25.2 Å². The van der Waals surface area contributed by atoms with Crippen molar-refractivity contribution in [1.29, 1.82) is 0 Å². The van der Waals surface area contributed by atoms with Gasteiger partial charge in [0.1, 0.15) is 5.58 Å². The van der Waals surface area contributed by atoms with E-state index in [0.29, 0.717) is 0 Å². The molecule has 0 bridgehead atoms. The molecule has 6 rings (SSSR count). The second kappa shape index (κ2) is 4.64. The van der Waals surface area contributed by atoms with Crippen molar-refractivity contribution in [3.63, 3.8) is 0 Å². The van der Waals surface area contributed by atoms with Crippen molar-refractivity contribution in [1.82, 2.24) is 0 Å². The summed E-state index contributed by atoms with van der Waals surface area (Å²) in [5, 5.41) is 8.53. The van der Waals surface area contributed by atoms with Gasteiger partial charge in [0.15, 0.2) is 5.58 Å². The maximum atomic E-state index is 6.19. The number of para-hydroxylation sites is 1. The van der Waals surface area contributed by atoms with Gasteiger partial charge in [0.25, 0.3) is 0 Å². The fourth-order valence-corrected chi connectivity index (χ4v) is 4.00. The van der Waals surface area contributed by atoms with E-state index in [0.717, 1.165) is 23.3 Å². The van der Waals surface area contributed by atoms with Crippen LogP contribution >= 0.6 is 0 Å². The zero-order valence-electron chi connectivity index (χ0n) is 13.5. The quantitative estimate of drug-likeness (QED) is 0.351. The third kappa shape index (κ3) is 1.79. The molecular weight excluding hydrogens is 306 g/mol. The number of furan rings is 1. The molecule has 0 saturated carbocycles. The van der Waals surface area contributed by atoms with Crippen LogP contribution in [0.5, 0.6) is 0 Å². The molecule has 25 heavy (non-hydrogen) atoms. The molecule has 0 fully saturated rings. The Bertz CT molecular complexity index is 1300. The normalized spacial score (nSPS) is 13.0. The van der Waals surface area contributed by atoms with Gasteiger partial charge >= 0.3 is 0 Å². The summed E-state index contributed by atoms with van der Waals surface area (Å²) in [4.78, 5) is 0. The molecule has 1 N–H and O–H groups in total. The van der Waals surface area contributed by atoms with Crippen molar-refractivity contribution in [2.45, 2.75) is 6.42 Å². The monoisotopic (exact) mass is 321 g/mol. The molecule has 1 aliphatic rings. The first kappa shape index (κ1) is 13.1. The first-order chi connectivity index (χ1) is 12.4. The zero-order chi connectivity index (χ0) is 16.4. The summed E-state index contributed by atoms with van der Waals surface area (Å²) in [5.74, 6) is 0. The lowest BCUT2D eigenvalue weighted by molar-refractivity contribution is 0.669. The van der Waals surface area contributed by atoms with Crippen LogP contribution in [0.3, 0.4) is 0 Å². The van der Waals surface area contributed by atoms with Crippen molar-refractivity contribution in [2.75, 3.05) is 5.32 Å². The fraction of sp³-hybridized carbons (Fsp3) is 0.0435. The molecule has 118 valence electrons. The Balaban J connectivity index is 1.61. The molecule has 0 spiro atoms. The van der Waals surface area contributed by atoms with E-state index in [1.165, 1.54) is 38.4 Å². The van der Waals surface area contributed by atoms with Gasteiger partial charge in [-0.15, -0.1) is 0 Å². The van der Waals surface area contributed by atoms with Crippen LogP contribution in [0, 0.1) is 0 Å². The Morgan fingerprint density at radius 3 is 2.44 bits per heavy atom. The highest BCUT2D eigenvalue weighted by Crippen LogP contribution is 2.42. The largest absolute Gasteiger partial charge is 0.454 e. The smallest absolute Gasteiger partial charge is 0.159 e. The third-order valence-corrected chi connectivity index (χ3v) is 5.25. The zero-order valence-corrected chi connectivity index (χ0v) is 13.5. The van der Waals surface area contributed by atoms with Gasteiger partial charge in [-0.25, -0.2) is 0 Å². The van der Waals surface area contributed by atoms with Gasteiger partial charge in [-0.05, 0) is 40.1 Å². The number of hydrogen-bond acceptors (Lipinski definition) is 2. The second-order valence-corrected chi connectivity index (χ2v) is 6.73. The van der Waals surface area contributed by atoms with Gasteiger partial charge in [0.2, 0.25) is 0 Å². The molecule has 2 heteroatoms. The molecule has 2 heterocycles. The molecule has 0 unspecified atom stereocenters. The summed E-state index contributed by atoms with van der Waals surface area (Å²) in [6.45, 7) is 0. The maximum Gasteiger partial charge on any atom is 0.159 e. The van der Waals surface area contributed by atoms with Gasteiger partial charge in [0, 0.05) is 22.9 Å². The molecule has 0 amide bonds. The van der Waals surface area contributed by atoms with Gasteiger partial charge in [-0.3, -0.25) is 0 Å². The second-order valence-electron chi connectivity index (χ2n) is 6.73. The van der Waals surface area contributed by atoms with Gasteiger partial charge in [-0.1, -0.05) is 54.6 Å². The molecule has 0 saturated heterocycles. The van der Waals surface area contributed by atoms with Crippen molar-refractivity contribution in [3.05, 3.63) is 83.9 Å². The number of fused-ring (bicyclic) bond motifs is 7. The first-order valence-corrected chi connectivity index (χ1v) is 8.59. The highest BCUT2D eigenvalue weighted by atomic mass is 16.3. The molecule has 0 atom stereocenters. The van der Waals surface area contributed by atoms with Crippen LogP contribution in [0.25, 0.3) is 32.7 Å². The van der Waals surface area contributed by atoms with Crippen LogP contribution in [-0.4, -0.2) is 0 Å². The fourth-order valence-electron chi connectivity index (χ4n) is 4.00. The Morgan fingerprint density at radius 1 is 0.720 bits per heavy atom. The first-order valence-electron chi connectivity index (χ1n) is 8.59.